The molecule has 0 radical (unpaired) electrons. The van der Waals surface area contributed by atoms with Crippen molar-refractivity contribution >= 4 is 11.6 Å². The largest absolute Gasteiger partial charge is 0.454 e. The highest BCUT2D eigenvalue weighted by Crippen LogP contribution is 2.32. The van der Waals surface area contributed by atoms with Crippen molar-refractivity contribution in [2.45, 2.75) is 26.8 Å². The lowest BCUT2D eigenvalue weighted by Gasteiger charge is -2.35. The third-order valence-corrected chi connectivity index (χ3v) is 5.60. The molecular weight excluding hydrogens is 366 g/mol. The molecule has 6 nitrogen and oxygen atoms in total. The number of carbonyl (C=O) groups is 1. The zero-order valence-electron chi connectivity index (χ0n) is 17.2. The Morgan fingerprint density at radius 1 is 1.00 bits per heavy atom. The van der Waals surface area contributed by atoms with Gasteiger partial charge in [-0.3, -0.25) is 9.69 Å². The van der Waals surface area contributed by atoms with Crippen LogP contribution in [-0.2, 0) is 11.3 Å². The van der Waals surface area contributed by atoms with Crippen LogP contribution < -0.4 is 14.8 Å². The van der Waals surface area contributed by atoms with E-state index in [1.54, 1.807) is 0 Å². The molecule has 1 fully saturated rings. The number of nitrogens with zero attached hydrogens (tertiary/aromatic N) is 2. The average Bonchev–Trinajstić information content (AvgIpc) is 3.18. The van der Waals surface area contributed by atoms with Crippen molar-refractivity contribution in [1.82, 2.24) is 9.80 Å². The van der Waals surface area contributed by atoms with Gasteiger partial charge in [0.15, 0.2) is 11.5 Å². The van der Waals surface area contributed by atoms with Crippen molar-refractivity contribution in [2.24, 2.45) is 0 Å². The fourth-order valence-electron chi connectivity index (χ4n) is 3.93. The van der Waals surface area contributed by atoms with E-state index in [1.165, 1.54) is 16.7 Å². The van der Waals surface area contributed by atoms with E-state index in [-0.39, 0.29) is 5.91 Å². The molecule has 1 N–H and O–H groups in total. The fourth-order valence-corrected chi connectivity index (χ4v) is 3.93. The first-order chi connectivity index (χ1) is 14.1. The van der Waals surface area contributed by atoms with Gasteiger partial charge in [0, 0.05) is 51.4 Å². The molecule has 2 aromatic rings. The number of benzene rings is 2. The van der Waals surface area contributed by atoms with E-state index in [4.69, 9.17) is 9.47 Å². The zero-order chi connectivity index (χ0) is 20.2. The van der Waals surface area contributed by atoms with Crippen LogP contribution in [0.25, 0.3) is 0 Å². The predicted octanol–water partition coefficient (Wildman–Crippen LogP) is 3.18. The molecule has 2 aliphatic heterocycles. The molecule has 154 valence electrons. The van der Waals surface area contributed by atoms with E-state index >= 15 is 0 Å². The molecule has 6 heteroatoms. The second kappa shape index (κ2) is 8.74. The Labute approximate surface area is 172 Å². The molecule has 2 aromatic carbocycles. The first-order valence-electron chi connectivity index (χ1n) is 10.3. The molecule has 0 aromatic heterocycles. The maximum Gasteiger partial charge on any atom is 0.231 e. The number of carbonyl (C=O) groups excluding carboxylic acids is 1. The summed E-state index contributed by atoms with van der Waals surface area (Å²) in [5.74, 6) is 1.87. The highest BCUT2D eigenvalue weighted by molar-refractivity contribution is 5.77. The average molecular weight is 396 g/mol. The van der Waals surface area contributed by atoms with Crippen molar-refractivity contribution in [2.75, 3.05) is 44.8 Å². The van der Waals surface area contributed by atoms with E-state index in [0.717, 1.165) is 49.9 Å². The molecule has 2 aliphatic rings. The van der Waals surface area contributed by atoms with E-state index in [0.29, 0.717) is 19.8 Å². The normalized spacial score (nSPS) is 16.1. The van der Waals surface area contributed by atoms with Gasteiger partial charge in [-0.05, 0) is 43.2 Å². The van der Waals surface area contributed by atoms with Crippen molar-refractivity contribution in [1.29, 1.82) is 0 Å². The Morgan fingerprint density at radius 3 is 2.59 bits per heavy atom. The molecule has 29 heavy (non-hydrogen) atoms. The summed E-state index contributed by atoms with van der Waals surface area (Å²) in [5.41, 5.74) is 4.79. The van der Waals surface area contributed by atoms with Crippen molar-refractivity contribution in [3.63, 3.8) is 0 Å². The molecule has 0 saturated carbocycles. The van der Waals surface area contributed by atoms with E-state index in [9.17, 15) is 4.79 Å². The minimum absolute atomic E-state index is 0.227. The van der Waals surface area contributed by atoms with Crippen LogP contribution in [0.5, 0.6) is 11.5 Å². The van der Waals surface area contributed by atoms with Crippen LogP contribution in [0.2, 0.25) is 0 Å². The number of piperazine rings is 1. The maximum atomic E-state index is 12.6. The standard InChI is InChI=1S/C23H29N3O3/c1-17-3-5-20(18(2)13-17)24-8-7-23(27)26-11-9-25(10-12-26)15-19-4-6-21-22(14-19)29-16-28-21/h3-6,13-14,24H,7-12,15-16H2,1-2H3. The van der Waals surface area contributed by atoms with E-state index < -0.39 is 0 Å². The van der Waals surface area contributed by atoms with Crippen LogP contribution in [0.4, 0.5) is 5.69 Å². The van der Waals surface area contributed by atoms with Gasteiger partial charge in [0.25, 0.3) is 0 Å². The number of anilines is 1. The number of amides is 1. The van der Waals surface area contributed by atoms with Crippen LogP contribution in [0.15, 0.2) is 36.4 Å². The number of aryl methyl sites for hydroxylation is 2. The summed E-state index contributed by atoms with van der Waals surface area (Å²) in [7, 11) is 0. The summed E-state index contributed by atoms with van der Waals surface area (Å²) < 4.78 is 10.8. The lowest BCUT2D eigenvalue weighted by atomic mass is 10.1. The maximum absolute atomic E-state index is 12.6. The summed E-state index contributed by atoms with van der Waals surface area (Å²) in [6.07, 6.45) is 0.523. The Kier molecular flexibility index (Phi) is 5.90. The van der Waals surface area contributed by atoms with Crippen molar-refractivity contribution in [3.8, 4) is 11.5 Å². The van der Waals surface area contributed by atoms with Gasteiger partial charge >= 0.3 is 0 Å². The summed E-state index contributed by atoms with van der Waals surface area (Å²) in [6, 6.07) is 12.5. The Hall–Kier alpha value is -2.73. The number of nitrogens with one attached hydrogen (secondary N) is 1. The van der Waals surface area contributed by atoms with Gasteiger partial charge in [0.1, 0.15) is 0 Å². The number of hydrogen-bond acceptors (Lipinski definition) is 5. The van der Waals surface area contributed by atoms with Gasteiger partial charge in [-0.1, -0.05) is 23.8 Å². The van der Waals surface area contributed by atoms with Crippen LogP contribution in [0.3, 0.4) is 0 Å². The van der Waals surface area contributed by atoms with Crippen LogP contribution in [-0.4, -0.2) is 55.2 Å². The SMILES string of the molecule is Cc1ccc(NCCC(=O)N2CCN(Cc3ccc4c(c3)OCO4)CC2)c(C)c1. The monoisotopic (exact) mass is 395 g/mol. The number of hydrogen-bond donors (Lipinski definition) is 1. The van der Waals surface area contributed by atoms with Crippen LogP contribution in [0.1, 0.15) is 23.1 Å². The smallest absolute Gasteiger partial charge is 0.231 e. The summed E-state index contributed by atoms with van der Waals surface area (Å²) in [5, 5.41) is 3.39. The lowest BCUT2D eigenvalue weighted by molar-refractivity contribution is -0.132. The first kappa shape index (κ1) is 19.6. The molecule has 4 rings (SSSR count). The van der Waals surface area contributed by atoms with Gasteiger partial charge in [-0.2, -0.15) is 0 Å². The summed E-state index contributed by atoms with van der Waals surface area (Å²) in [6.45, 7) is 9.38. The number of fused-ring (bicyclic) bond motifs is 1. The summed E-state index contributed by atoms with van der Waals surface area (Å²) in [4.78, 5) is 16.9. The Bertz CT molecular complexity index is 876. The predicted molar refractivity (Wildman–Crippen MR) is 113 cm³/mol. The number of ether oxygens (including phenoxy) is 2. The molecule has 0 unspecified atom stereocenters. The zero-order valence-corrected chi connectivity index (χ0v) is 17.2. The second-order valence-corrected chi connectivity index (χ2v) is 7.84. The minimum Gasteiger partial charge on any atom is -0.454 e. The molecule has 0 spiro atoms. The lowest BCUT2D eigenvalue weighted by Crippen LogP contribution is -2.48. The first-order valence-corrected chi connectivity index (χ1v) is 10.3. The third kappa shape index (κ3) is 4.82. The van der Waals surface area contributed by atoms with Crippen LogP contribution in [0, 0.1) is 13.8 Å². The van der Waals surface area contributed by atoms with Crippen LogP contribution >= 0.6 is 0 Å². The third-order valence-electron chi connectivity index (χ3n) is 5.60. The molecule has 0 atom stereocenters. The van der Waals surface area contributed by atoms with Crippen molar-refractivity contribution in [3.05, 3.63) is 53.1 Å². The molecule has 1 saturated heterocycles. The topological polar surface area (TPSA) is 54.0 Å². The number of rotatable bonds is 6. The molecular formula is C23H29N3O3. The van der Waals surface area contributed by atoms with Gasteiger partial charge in [-0.25, -0.2) is 0 Å². The molecule has 1 amide bonds. The van der Waals surface area contributed by atoms with Gasteiger partial charge in [0.05, 0.1) is 0 Å². The van der Waals surface area contributed by atoms with Gasteiger partial charge in [0.2, 0.25) is 12.7 Å². The quantitative estimate of drug-likeness (QED) is 0.814. The van der Waals surface area contributed by atoms with Gasteiger partial charge in [-0.15, -0.1) is 0 Å². The van der Waals surface area contributed by atoms with Gasteiger partial charge < -0.3 is 19.7 Å². The highest BCUT2D eigenvalue weighted by Gasteiger charge is 2.21. The van der Waals surface area contributed by atoms with E-state index in [2.05, 4.69) is 54.4 Å². The Morgan fingerprint density at radius 2 is 1.79 bits per heavy atom. The highest BCUT2D eigenvalue weighted by atomic mass is 16.7. The second-order valence-electron chi connectivity index (χ2n) is 7.84. The molecule has 0 aliphatic carbocycles. The Balaban J connectivity index is 1.20. The van der Waals surface area contributed by atoms with E-state index in [1.807, 2.05) is 11.0 Å². The van der Waals surface area contributed by atoms with Crippen molar-refractivity contribution < 1.29 is 14.3 Å². The molecule has 0 bridgehead atoms. The summed E-state index contributed by atoms with van der Waals surface area (Å²) >= 11 is 0. The minimum atomic E-state index is 0.227. The fraction of sp³-hybridized carbons (Fsp3) is 0.435. The molecule has 2 heterocycles.